The number of aromatic nitrogens is 2. The zero-order chi connectivity index (χ0) is 14.9. The van der Waals surface area contributed by atoms with Crippen molar-refractivity contribution in [1.29, 1.82) is 0 Å². The van der Waals surface area contributed by atoms with E-state index in [4.69, 9.17) is 23.2 Å². The Morgan fingerprint density at radius 1 is 1.40 bits per heavy atom. The predicted molar refractivity (Wildman–Crippen MR) is 87.1 cm³/mol. The van der Waals surface area contributed by atoms with Gasteiger partial charge in [0, 0.05) is 23.5 Å². The van der Waals surface area contributed by atoms with Gasteiger partial charge in [0.2, 0.25) is 0 Å². The molecule has 1 N–H and O–H groups in total. The first-order valence-electron chi connectivity index (χ1n) is 6.60. The molecule has 3 nitrogen and oxygen atoms in total. The third kappa shape index (κ3) is 3.03. The Kier molecular flexibility index (Phi) is 5.13. The van der Waals surface area contributed by atoms with Gasteiger partial charge < -0.3 is 5.32 Å². The van der Waals surface area contributed by atoms with Gasteiger partial charge in [-0.1, -0.05) is 30.1 Å². The van der Waals surface area contributed by atoms with E-state index in [1.807, 2.05) is 20.9 Å². The lowest BCUT2D eigenvalue weighted by Gasteiger charge is -2.17. The summed E-state index contributed by atoms with van der Waals surface area (Å²) in [6, 6.07) is 0.173. The highest BCUT2D eigenvalue weighted by Gasteiger charge is 2.21. The molecule has 0 radical (unpaired) electrons. The zero-order valence-corrected chi connectivity index (χ0v) is 14.5. The molecule has 0 fully saturated rings. The second kappa shape index (κ2) is 6.48. The molecule has 1 atom stereocenters. The Morgan fingerprint density at radius 3 is 2.55 bits per heavy atom. The Hall–Kier alpha value is -0.550. The van der Waals surface area contributed by atoms with Crippen molar-refractivity contribution < 1.29 is 0 Å². The van der Waals surface area contributed by atoms with Crippen LogP contribution in [0.2, 0.25) is 10.2 Å². The number of nitrogens with zero attached hydrogens (tertiary/aromatic N) is 2. The highest BCUT2D eigenvalue weighted by molar-refractivity contribution is 7.10. The zero-order valence-electron chi connectivity index (χ0n) is 12.1. The van der Waals surface area contributed by atoms with Gasteiger partial charge in [0.05, 0.1) is 10.7 Å². The van der Waals surface area contributed by atoms with E-state index in [9.17, 15) is 0 Å². The van der Waals surface area contributed by atoms with E-state index in [0.717, 1.165) is 34.8 Å². The van der Waals surface area contributed by atoms with Gasteiger partial charge in [-0.3, -0.25) is 4.68 Å². The molecule has 2 aromatic heterocycles. The highest BCUT2D eigenvalue weighted by atomic mass is 35.5. The highest BCUT2D eigenvalue weighted by Crippen LogP contribution is 2.35. The maximum atomic E-state index is 6.41. The summed E-state index contributed by atoms with van der Waals surface area (Å²) < 4.78 is 1.72. The summed E-state index contributed by atoms with van der Waals surface area (Å²) in [5, 5.41) is 11.5. The Balaban J connectivity index is 2.32. The summed E-state index contributed by atoms with van der Waals surface area (Å²) in [6.07, 6.45) is 0.798. The van der Waals surface area contributed by atoms with Crippen LogP contribution in [0.3, 0.4) is 0 Å². The molecule has 0 aliphatic rings. The Labute approximate surface area is 133 Å². The van der Waals surface area contributed by atoms with Crippen LogP contribution in [-0.4, -0.2) is 16.3 Å². The first kappa shape index (κ1) is 15.8. The minimum absolute atomic E-state index is 0.173. The van der Waals surface area contributed by atoms with Crippen molar-refractivity contribution in [2.75, 3.05) is 6.54 Å². The minimum atomic E-state index is 0.173. The number of aryl methyl sites for hydroxylation is 3. The van der Waals surface area contributed by atoms with Crippen LogP contribution in [0.25, 0.3) is 0 Å². The second-order valence-corrected chi connectivity index (χ2v) is 6.54. The lowest BCUT2D eigenvalue weighted by molar-refractivity contribution is 0.557. The molecule has 2 rings (SSSR count). The summed E-state index contributed by atoms with van der Waals surface area (Å²) in [5.74, 6) is 0. The fraction of sp³-hybridized carbons (Fsp3) is 0.500. The number of likely N-dealkylation sites (N-methyl/N-ethyl adjacent to an activating group) is 1. The Morgan fingerprint density at radius 2 is 2.10 bits per heavy atom. The topological polar surface area (TPSA) is 29.9 Å². The number of hydrogen-bond acceptors (Lipinski definition) is 3. The van der Waals surface area contributed by atoms with Crippen LogP contribution in [0.4, 0.5) is 0 Å². The van der Waals surface area contributed by atoms with Crippen LogP contribution in [0.5, 0.6) is 0 Å². The van der Waals surface area contributed by atoms with Crippen molar-refractivity contribution in [3.63, 3.8) is 0 Å². The second-order valence-electron chi connectivity index (χ2n) is 4.89. The SMILES string of the molecule is CCNC(Cc1c(C)nn(C)c1Cl)c1scc(C)c1Cl. The van der Waals surface area contributed by atoms with Crippen molar-refractivity contribution in [1.82, 2.24) is 15.1 Å². The normalized spacial score (nSPS) is 12.9. The van der Waals surface area contributed by atoms with E-state index in [2.05, 4.69) is 22.7 Å². The first-order chi connectivity index (χ1) is 9.45. The van der Waals surface area contributed by atoms with Crippen LogP contribution in [0, 0.1) is 13.8 Å². The molecule has 0 aliphatic heterocycles. The molecule has 0 saturated heterocycles. The van der Waals surface area contributed by atoms with E-state index in [1.165, 1.54) is 4.88 Å². The summed E-state index contributed by atoms with van der Waals surface area (Å²) >= 11 is 14.4. The van der Waals surface area contributed by atoms with E-state index in [0.29, 0.717) is 5.15 Å². The summed E-state index contributed by atoms with van der Waals surface area (Å²) in [5.41, 5.74) is 3.19. The van der Waals surface area contributed by atoms with Crippen LogP contribution in [0.1, 0.15) is 34.7 Å². The third-order valence-electron chi connectivity index (χ3n) is 3.37. The Bertz CT molecular complexity index is 604. The monoisotopic (exact) mass is 331 g/mol. The largest absolute Gasteiger partial charge is 0.309 e. The molecule has 2 aromatic rings. The smallest absolute Gasteiger partial charge is 0.130 e. The molecule has 110 valence electrons. The molecule has 0 aromatic carbocycles. The van der Waals surface area contributed by atoms with Crippen LogP contribution >= 0.6 is 34.5 Å². The van der Waals surface area contributed by atoms with E-state index in [1.54, 1.807) is 16.0 Å². The van der Waals surface area contributed by atoms with Crippen molar-refractivity contribution in [3.8, 4) is 0 Å². The van der Waals surface area contributed by atoms with E-state index in [-0.39, 0.29) is 6.04 Å². The maximum absolute atomic E-state index is 6.41. The molecule has 1 unspecified atom stereocenters. The molecule has 6 heteroatoms. The number of nitrogens with one attached hydrogen (secondary N) is 1. The van der Waals surface area contributed by atoms with Gasteiger partial charge in [-0.2, -0.15) is 5.10 Å². The third-order valence-corrected chi connectivity index (χ3v) is 5.67. The average Bonchev–Trinajstić information content (AvgIpc) is 2.84. The summed E-state index contributed by atoms with van der Waals surface area (Å²) in [7, 11) is 1.86. The van der Waals surface area contributed by atoms with Crippen LogP contribution in [-0.2, 0) is 13.5 Å². The van der Waals surface area contributed by atoms with Gasteiger partial charge in [-0.15, -0.1) is 11.3 Å². The lowest BCUT2D eigenvalue weighted by atomic mass is 10.0. The lowest BCUT2D eigenvalue weighted by Crippen LogP contribution is -2.22. The average molecular weight is 332 g/mol. The van der Waals surface area contributed by atoms with Crippen molar-refractivity contribution >= 4 is 34.5 Å². The van der Waals surface area contributed by atoms with Gasteiger partial charge in [-0.25, -0.2) is 0 Å². The number of halogens is 2. The number of rotatable bonds is 5. The summed E-state index contributed by atoms with van der Waals surface area (Å²) in [4.78, 5) is 1.17. The maximum Gasteiger partial charge on any atom is 0.130 e. The van der Waals surface area contributed by atoms with Gasteiger partial charge in [0.15, 0.2) is 0 Å². The first-order valence-corrected chi connectivity index (χ1v) is 8.24. The molecular formula is C14H19Cl2N3S. The molecule has 0 aliphatic carbocycles. The standard InChI is InChI=1S/C14H19Cl2N3S/c1-5-17-11(13-12(15)8(2)7-20-13)6-10-9(3)18-19(4)14(10)16/h7,11,17H,5-6H2,1-4H3. The van der Waals surface area contributed by atoms with Crippen molar-refractivity contribution in [3.05, 3.63) is 37.3 Å². The fourth-order valence-corrected chi connectivity index (χ4v) is 3.95. The van der Waals surface area contributed by atoms with E-state index < -0.39 is 0 Å². The van der Waals surface area contributed by atoms with Crippen LogP contribution < -0.4 is 5.32 Å². The quantitative estimate of drug-likeness (QED) is 0.885. The molecular weight excluding hydrogens is 313 g/mol. The van der Waals surface area contributed by atoms with Gasteiger partial charge in [0.25, 0.3) is 0 Å². The van der Waals surface area contributed by atoms with Gasteiger partial charge >= 0.3 is 0 Å². The molecule has 0 saturated carbocycles. The fourth-order valence-electron chi connectivity index (χ4n) is 2.30. The van der Waals surface area contributed by atoms with Crippen molar-refractivity contribution in [2.24, 2.45) is 7.05 Å². The predicted octanol–water partition coefficient (Wildman–Crippen LogP) is 4.30. The van der Waals surface area contributed by atoms with Crippen LogP contribution in [0.15, 0.2) is 5.38 Å². The number of thiophene rings is 1. The molecule has 0 spiro atoms. The van der Waals surface area contributed by atoms with Crippen molar-refractivity contribution in [2.45, 2.75) is 33.2 Å². The molecule has 20 heavy (non-hydrogen) atoms. The molecule has 0 bridgehead atoms. The summed E-state index contributed by atoms with van der Waals surface area (Å²) in [6.45, 7) is 7.01. The minimum Gasteiger partial charge on any atom is -0.309 e. The molecule has 0 amide bonds. The van der Waals surface area contributed by atoms with E-state index >= 15 is 0 Å². The van der Waals surface area contributed by atoms with Gasteiger partial charge in [-0.05, 0) is 37.8 Å². The van der Waals surface area contributed by atoms with Gasteiger partial charge in [0.1, 0.15) is 5.15 Å². The number of hydrogen-bond donors (Lipinski definition) is 1. The molecule has 2 heterocycles.